The number of benzene rings is 1. The first-order valence-corrected chi connectivity index (χ1v) is 6.19. The Hall–Kier alpha value is -1.02. The summed E-state index contributed by atoms with van der Waals surface area (Å²) in [5, 5.41) is 0. The standard InChI is InChI=1S/C14H21NO/c1-10(2)11-6-8-12(9-7-11)16-14-5-3-4-13(14)15/h6-10,13-14H,3-5,15H2,1-2H3. The first-order chi connectivity index (χ1) is 7.66. The van der Waals surface area contributed by atoms with Gasteiger partial charge in [-0.1, -0.05) is 26.0 Å². The zero-order chi connectivity index (χ0) is 11.5. The molecular formula is C14H21NO. The molecular weight excluding hydrogens is 198 g/mol. The average molecular weight is 219 g/mol. The van der Waals surface area contributed by atoms with E-state index in [1.807, 2.05) is 0 Å². The Labute approximate surface area is 97.8 Å². The second-order valence-corrected chi connectivity index (χ2v) is 4.97. The maximum Gasteiger partial charge on any atom is 0.119 e. The molecule has 0 aliphatic heterocycles. The summed E-state index contributed by atoms with van der Waals surface area (Å²) in [5.41, 5.74) is 7.33. The van der Waals surface area contributed by atoms with Gasteiger partial charge in [0, 0.05) is 6.04 Å². The molecule has 0 amide bonds. The molecule has 1 aliphatic rings. The van der Waals surface area contributed by atoms with E-state index in [0.717, 1.165) is 18.6 Å². The third-order valence-corrected chi connectivity index (χ3v) is 3.34. The second-order valence-electron chi connectivity index (χ2n) is 4.97. The van der Waals surface area contributed by atoms with Gasteiger partial charge in [0.1, 0.15) is 11.9 Å². The fraction of sp³-hybridized carbons (Fsp3) is 0.571. The molecule has 0 saturated heterocycles. The van der Waals surface area contributed by atoms with Crippen molar-refractivity contribution in [3.05, 3.63) is 29.8 Å². The van der Waals surface area contributed by atoms with E-state index in [1.54, 1.807) is 0 Å². The molecule has 1 saturated carbocycles. The quantitative estimate of drug-likeness (QED) is 0.848. The third-order valence-electron chi connectivity index (χ3n) is 3.34. The van der Waals surface area contributed by atoms with E-state index < -0.39 is 0 Å². The van der Waals surface area contributed by atoms with E-state index in [1.165, 1.54) is 12.0 Å². The van der Waals surface area contributed by atoms with Gasteiger partial charge in [0.05, 0.1) is 0 Å². The molecule has 2 heteroatoms. The van der Waals surface area contributed by atoms with Crippen molar-refractivity contribution in [1.82, 2.24) is 0 Å². The number of hydrogen-bond donors (Lipinski definition) is 1. The molecule has 0 aromatic heterocycles. The fourth-order valence-electron chi connectivity index (χ4n) is 2.21. The molecule has 2 nitrogen and oxygen atoms in total. The fourth-order valence-corrected chi connectivity index (χ4v) is 2.21. The van der Waals surface area contributed by atoms with Crippen molar-refractivity contribution in [3.63, 3.8) is 0 Å². The highest BCUT2D eigenvalue weighted by Crippen LogP contribution is 2.25. The van der Waals surface area contributed by atoms with E-state index in [-0.39, 0.29) is 12.1 Å². The molecule has 1 aromatic rings. The first kappa shape index (κ1) is 11.5. The van der Waals surface area contributed by atoms with E-state index in [2.05, 4.69) is 38.1 Å². The van der Waals surface area contributed by atoms with Crippen LogP contribution >= 0.6 is 0 Å². The van der Waals surface area contributed by atoms with Crippen molar-refractivity contribution in [3.8, 4) is 5.75 Å². The van der Waals surface area contributed by atoms with E-state index >= 15 is 0 Å². The van der Waals surface area contributed by atoms with Gasteiger partial charge in [-0.3, -0.25) is 0 Å². The molecule has 2 rings (SSSR count). The molecule has 1 fully saturated rings. The van der Waals surface area contributed by atoms with Crippen molar-refractivity contribution in [2.24, 2.45) is 5.73 Å². The monoisotopic (exact) mass is 219 g/mol. The zero-order valence-corrected chi connectivity index (χ0v) is 10.1. The van der Waals surface area contributed by atoms with Crippen molar-refractivity contribution >= 4 is 0 Å². The van der Waals surface area contributed by atoms with Gasteiger partial charge >= 0.3 is 0 Å². The summed E-state index contributed by atoms with van der Waals surface area (Å²) in [6, 6.07) is 8.60. The molecule has 88 valence electrons. The summed E-state index contributed by atoms with van der Waals surface area (Å²) < 4.78 is 5.90. The maximum atomic E-state index is 5.98. The second kappa shape index (κ2) is 4.88. The van der Waals surface area contributed by atoms with Crippen molar-refractivity contribution in [2.75, 3.05) is 0 Å². The summed E-state index contributed by atoms with van der Waals surface area (Å²) in [6.45, 7) is 4.39. The van der Waals surface area contributed by atoms with E-state index in [4.69, 9.17) is 10.5 Å². The SMILES string of the molecule is CC(C)c1ccc(OC2CCCC2N)cc1. The van der Waals surface area contributed by atoms with Gasteiger partial charge in [-0.2, -0.15) is 0 Å². The van der Waals surface area contributed by atoms with Crippen LogP contribution in [0.25, 0.3) is 0 Å². The lowest BCUT2D eigenvalue weighted by molar-refractivity contribution is 0.191. The van der Waals surface area contributed by atoms with Crippen LogP contribution in [0, 0.1) is 0 Å². The minimum Gasteiger partial charge on any atom is -0.489 e. The Kier molecular flexibility index (Phi) is 3.49. The van der Waals surface area contributed by atoms with Crippen LogP contribution in [0.5, 0.6) is 5.75 Å². The van der Waals surface area contributed by atoms with Gasteiger partial charge in [0.2, 0.25) is 0 Å². The Morgan fingerprint density at radius 2 is 1.88 bits per heavy atom. The zero-order valence-electron chi connectivity index (χ0n) is 10.1. The molecule has 16 heavy (non-hydrogen) atoms. The Balaban J connectivity index is 1.99. The van der Waals surface area contributed by atoms with Crippen LogP contribution in [0.2, 0.25) is 0 Å². The summed E-state index contributed by atoms with van der Waals surface area (Å²) in [5.74, 6) is 1.52. The normalized spacial score (nSPS) is 25.0. The highest BCUT2D eigenvalue weighted by molar-refractivity contribution is 5.29. The molecule has 0 radical (unpaired) electrons. The van der Waals surface area contributed by atoms with Gasteiger partial charge < -0.3 is 10.5 Å². The molecule has 2 atom stereocenters. The minimum atomic E-state index is 0.213. The molecule has 0 bridgehead atoms. The molecule has 2 unspecified atom stereocenters. The number of nitrogens with two attached hydrogens (primary N) is 1. The van der Waals surface area contributed by atoms with Gasteiger partial charge in [-0.15, -0.1) is 0 Å². The highest BCUT2D eigenvalue weighted by Gasteiger charge is 2.25. The summed E-state index contributed by atoms with van der Waals surface area (Å²) in [6.07, 6.45) is 3.59. The Bertz CT molecular complexity index is 331. The van der Waals surface area contributed by atoms with Crippen molar-refractivity contribution in [2.45, 2.75) is 51.2 Å². The van der Waals surface area contributed by atoms with Crippen LogP contribution in [0.15, 0.2) is 24.3 Å². The van der Waals surface area contributed by atoms with Crippen LogP contribution in [-0.4, -0.2) is 12.1 Å². The number of rotatable bonds is 3. The van der Waals surface area contributed by atoms with Crippen LogP contribution < -0.4 is 10.5 Å². The molecule has 1 aliphatic carbocycles. The average Bonchev–Trinajstić information content (AvgIpc) is 2.65. The van der Waals surface area contributed by atoms with Crippen molar-refractivity contribution in [1.29, 1.82) is 0 Å². The van der Waals surface area contributed by atoms with Gasteiger partial charge in [0.25, 0.3) is 0 Å². The predicted molar refractivity (Wildman–Crippen MR) is 66.8 cm³/mol. The van der Waals surface area contributed by atoms with Crippen molar-refractivity contribution < 1.29 is 4.74 Å². The lowest BCUT2D eigenvalue weighted by atomic mass is 10.0. The van der Waals surface area contributed by atoms with Gasteiger partial charge in [-0.05, 0) is 42.9 Å². The lowest BCUT2D eigenvalue weighted by Gasteiger charge is -2.18. The largest absolute Gasteiger partial charge is 0.489 e. The predicted octanol–water partition coefficient (Wildman–Crippen LogP) is 3.07. The Morgan fingerprint density at radius 3 is 2.38 bits per heavy atom. The highest BCUT2D eigenvalue weighted by atomic mass is 16.5. The maximum absolute atomic E-state index is 5.98. The van der Waals surface area contributed by atoms with E-state index in [9.17, 15) is 0 Å². The van der Waals surface area contributed by atoms with Crippen LogP contribution in [0.4, 0.5) is 0 Å². The number of ether oxygens (including phenoxy) is 1. The Morgan fingerprint density at radius 1 is 1.19 bits per heavy atom. The van der Waals surface area contributed by atoms with Gasteiger partial charge in [-0.25, -0.2) is 0 Å². The van der Waals surface area contributed by atoms with E-state index in [0.29, 0.717) is 5.92 Å². The van der Waals surface area contributed by atoms with Crippen LogP contribution in [0.3, 0.4) is 0 Å². The lowest BCUT2D eigenvalue weighted by Crippen LogP contribution is -2.33. The molecule has 0 spiro atoms. The smallest absolute Gasteiger partial charge is 0.119 e. The summed E-state index contributed by atoms with van der Waals surface area (Å²) >= 11 is 0. The first-order valence-electron chi connectivity index (χ1n) is 6.19. The topological polar surface area (TPSA) is 35.2 Å². The third kappa shape index (κ3) is 2.56. The number of hydrogen-bond acceptors (Lipinski definition) is 2. The van der Waals surface area contributed by atoms with Crippen LogP contribution in [-0.2, 0) is 0 Å². The molecule has 1 aromatic carbocycles. The summed E-state index contributed by atoms with van der Waals surface area (Å²) in [7, 11) is 0. The molecule has 0 heterocycles. The van der Waals surface area contributed by atoms with Crippen LogP contribution in [0.1, 0.15) is 44.6 Å². The molecule has 2 N–H and O–H groups in total. The minimum absolute atomic E-state index is 0.213. The summed E-state index contributed by atoms with van der Waals surface area (Å²) in [4.78, 5) is 0. The van der Waals surface area contributed by atoms with Gasteiger partial charge in [0.15, 0.2) is 0 Å².